The van der Waals surface area contributed by atoms with E-state index in [-0.39, 0.29) is 18.1 Å². The summed E-state index contributed by atoms with van der Waals surface area (Å²) in [4.78, 5) is 17.8. The van der Waals surface area contributed by atoms with Gasteiger partial charge in [0.1, 0.15) is 11.5 Å². The summed E-state index contributed by atoms with van der Waals surface area (Å²) in [6, 6.07) is 3.92. The number of rotatable bonds is 5. The lowest BCUT2D eigenvalue weighted by molar-refractivity contribution is 0.0859. The molecule has 1 aliphatic rings. The maximum absolute atomic E-state index is 13.0. The topological polar surface area (TPSA) is 82.2 Å². The standard InChI is InChI=1S/C21H26N4O3/c1-12(2)25-20-18(11-23-25)17(21(26)22-10-15-6-5-7-27-15)9-19(24-20)16-8-13(3)28-14(16)4/h8-9,11-12,15H,5-7,10H2,1-4H3,(H,22,26)/t15-/m1/s1. The van der Waals surface area contributed by atoms with Crippen LogP contribution in [0.25, 0.3) is 22.3 Å². The lowest BCUT2D eigenvalue weighted by Gasteiger charge is -2.13. The zero-order chi connectivity index (χ0) is 19.8. The second kappa shape index (κ2) is 7.39. The van der Waals surface area contributed by atoms with Crippen LogP contribution in [0.4, 0.5) is 0 Å². The molecule has 3 aromatic heterocycles. The summed E-state index contributed by atoms with van der Waals surface area (Å²) in [6.45, 7) is 9.19. The van der Waals surface area contributed by atoms with Gasteiger partial charge in [0.2, 0.25) is 0 Å². The highest BCUT2D eigenvalue weighted by molar-refractivity contribution is 6.06. The number of nitrogens with one attached hydrogen (secondary N) is 1. The fraction of sp³-hybridized carbons (Fsp3) is 0.476. The Morgan fingerprint density at radius 1 is 1.36 bits per heavy atom. The van der Waals surface area contributed by atoms with Crippen molar-refractivity contribution in [3.05, 3.63) is 35.4 Å². The number of furan rings is 1. The van der Waals surface area contributed by atoms with E-state index < -0.39 is 0 Å². The molecule has 0 aromatic carbocycles. The van der Waals surface area contributed by atoms with E-state index in [1.165, 1.54) is 0 Å². The van der Waals surface area contributed by atoms with Crippen LogP contribution in [0.5, 0.6) is 0 Å². The summed E-state index contributed by atoms with van der Waals surface area (Å²) in [5.74, 6) is 1.46. The predicted octanol–water partition coefficient (Wildman–Crippen LogP) is 3.80. The van der Waals surface area contributed by atoms with Gasteiger partial charge in [-0.05, 0) is 52.7 Å². The average Bonchev–Trinajstić information content (AvgIpc) is 3.38. The Balaban J connectivity index is 1.77. The maximum Gasteiger partial charge on any atom is 0.252 e. The quantitative estimate of drug-likeness (QED) is 0.726. The Morgan fingerprint density at radius 2 is 2.18 bits per heavy atom. The Bertz CT molecular complexity index is 1010. The van der Waals surface area contributed by atoms with Crippen molar-refractivity contribution in [1.29, 1.82) is 0 Å². The van der Waals surface area contributed by atoms with Gasteiger partial charge in [-0.25, -0.2) is 9.67 Å². The highest BCUT2D eigenvalue weighted by atomic mass is 16.5. The molecule has 0 radical (unpaired) electrons. The summed E-state index contributed by atoms with van der Waals surface area (Å²) in [5.41, 5.74) is 2.88. The highest BCUT2D eigenvalue weighted by Crippen LogP contribution is 2.30. The fourth-order valence-electron chi connectivity index (χ4n) is 3.71. The second-order valence-electron chi connectivity index (χ2n) is 7.65. The molecular weight excluding hydrogens is 356 g/mol. The number of aromatic nitrogens is 3. The van der Waals surface area contributed by atoms with Gasteiger partial charge in [-0.2, -0.15) is 5.10 Å². The number of hydrogen-bond acceptors (Lipinski definition) is 5. The normalized spacial score (nSPS) is 17.0. The Morgan fingerprint density at radius 3 is 2.82 bits per heavy atom. The summed E-state index contributed by atoms with van der Waals surface area (Å²) >= 11 is 0. The van der Waals surface area contributed by atoms with Gasteiger partial charge in [-0.15, -0.1) is 0 Å². The molecular formula is C21H26N4O3. The first kappa shape index (κ1) is 18.7. The van der Waals surface area contributed by atoms with E-state index in [0.29, 0.717) is 23.4 Å². The molecule has 1 fully saturated rings. The van der Waals surface area contributed by atoms with Crippen molar-refractivity contribution in [2.45, 2.75) is 52.7 Å². The number of hydrogen-bond donors (Lipinski definition) is 1. The van der Waals surface area contributed by atoms with E-state index in [1.807, 2.05) is 44.5 Å². The minimum Gasteiger partial charge on any atom is -0.466 e. The number of carbonyl (C=O) groups is 1. The number of ether oxygens (including phenoxy) is 1. The lowest BCUT2D eigenvalue weighted by atomic mass is 10.1. The molecule has 1 atom stereocenters. The van der Waals surface area contributed by atoms with Gasteiger partial charge in [-0.3, -0.25) is 4.79 Å². The predicted molar refractivity (Wildman–Crippen MR) is 106 cm³/mol. The third-order valence-corrected chi connectivity index (χ3v) is 5.13. The van der Waals surface area contributed by atoms with Crippen LogP contribution in [0.2, 0.25) is 0 Å². The number of aryl methyl sites for hydroxylation is 2. The van der Waals surface area contributed by atoms with E-state index >= 15 is 0 Å². The first-order valence-corrected chi connectivity index (χ1v) is 9.79. The third kappa shape index (κ3) is 3.42. The van der Waals surface area contributed by atoms with Crippen LogP contribution in [0, 0.1) is 13.8 Å². The van der Waals surface area contributed by atoms with Gasteiger partial charge in [0.05, 0.1) is 28.9 Å². The SMILES string of the molecule is Cc1cc(-c2cc(C(=O)NC[C@H]3CCCO3)c3cnn(C(C)C)c3n2)c(C)o1. The molecule has 0 aliphatic carbocycles. The van der Waals surface area contributed by atoms with Gasteiger partial charge < -0.3 is 14.5 Å². The molecule has 1 amide bonds. The van der Waals surface area contributed by atoms with E-state index in [1.54, 1.807) is 6.20 Å². The summed E-state index contributed by atoms with van der Waals surface area (Å²) < 4.78 is 13.1. The van der Waals surface area contributed by atoms with Crippen molar-refractivity contribution < 1.29 is 13.9 Å². The molecule has 0 unspecified atom stereocenters. The zero-order valence-corrected chi connectivity index (χ0v) is 16.8. The number of fused-ring (bicyclic) bond motifs is 1. The second-order valence-corrected chi connectivity index (χ2v) is 7.65. The first-order chi connectivity index (χ1) is 13.4. The smallest absolute Gasteiger partial charge is 0.252 e. The van der Waals surface area contributed by atoms with Crippen molar-refractivity contribution in [1.82, 2.24) is 20.1 Å². The Hall–Kier alpha value is -2.67. The van der Waals surface area contributed by atoms with Crippen molar-refractivity contribution in [2.75, 3.05) is 13.2 Å². The molecule has 28 heavy (non-hydrogen) atoms. The lowest BCUT2D eigenvalue weighted by Crippen LogP contribution is -2.31. The minimum absolute atomic E-state index is 0.0953. The van der Waals surface area contributed by atoms with Gasteiger partial charge >= 0.3 is 0 Å². The maximum atomic E-state index is 13.0. The molecule has 0 bridgehead atoms. The zero-order valence-electron chi connectivity index (χ0n) is 16.8. The molecule has 7 heteroatoms. The van der Waals surface area contributed by atoms with Gasteiger partial charge in [0, 0.05) is 24.8 Å². The number of pyridine rings is 1. The summed E-state index contributed by atoms with van der Waals surface area (Å²) in [6.07, 6.45) is 3.85. The van der Waals surface area contributed by atoms with E-state index in [0.717, 1.165) is 41.9 Å². The van der Waals surface area contributed by atoms with Crippen LogP contribution in [-0.2, 0) is 4.74 Å². The first-order valence-electron chi connectivity index (χ1n) is 9.79. The summed E-state index contributed by atoms with van der Waals surface area (Å²) in [5, 5.41) is 8.23. The van der Waals surface area contributed by atoms with Crippen LogP contribution < -0.4 is 5.32 Å². The fourth-order valence-corrected chi connectivity index (χ4v) is 3.71. The number of amides is 1. The molecule has 148 valence electrons. The molecule has 1 saturated heterocycles. The molecule has 1 aliphatic heterocycles. The van der Waals surface area contributed by atoms with Gasteiger partial charge in [-0.1, -0.05) is 0 Å². The van der Waals surface area contributed by atoms with Crippen LogP contribution in [0.1, 0.15) is 54.6 Å². The third-order valence-electron chi connectivity index (χ3n) is 5.13. The molecule has 0 spiro atoms. The molecule has 7 nitrogen and oxygen atoms in total. The Kier molecular flexibility index (Phi) is 4.93. The van der Waals surface area contributed by atoms with Gasteiger partial charge in [0.15, 0.2) is 5.65 Å². The van der Waals surface area contributed by atoms with Crippen molar-refractivity contribution in [3.63, 3.8) is 0 Å². The minimum atomic E-state index is -0.134. The van der Waals surface area contributed by atoms with Crippen LogP contribution in [0.15, 0.2) is 22.7 Å². The monoisotopic (exact) mass is 382 g/mol. The molecule has 4 rings (SSSR count). The van der Waals surface area contributed by atoms with E-state index in [2.05, 4.69) is 10.4 Å². The molecule has 0 saturated carbocycles. The van der Waals surface area contributed by atoms with E-state index in [9.17, 15) is 4.79 Å². The molecule has 4 heterocycles. The Labute approximate surface area is 164 Å². The van der Waals surface area contributed by atoms with Crippen molar-refractivity contribution in [2.24, 2.45) is 0 Å². The number of nitrogens with zero attached hydrogens (tertiary/aromatic N) is 3. The molecule has 1 N–H and O–H groups in total. The van der Waals surface area contributed by atoms with Crippen LogP contribution >= 0.6 is 0 Å². The van der Waals surface area contributed by atoms with E-state index in [4.69, 9.17) is 14.1 Å². The van der Waals surface area contributed by atoms with Crippen LogP contribution in [-0.4, -0.2) is 39.9 Å². The summed E-state index contributed by atoms with van der Waals surface area (Å²) in [7, 11) is 0. The highest BCUT2D eigenvalue weighted by Gasteiger charge is 2.22. The molecule has 3 aromatic rings. The van der Waals surface area contributed by atoms with Gasteiger partial charge in [0.25, 0.3) is 5.91 Å². The number of carbonyl (C=O) groups excluding carboxylic acids is 1. The van der Waals surface area contributed by atoms with Crippen LogP contribution in [0.3, 0.4) is 0 Å². The van der Waals surface area contributed by atoms with Crippen molar-refractivity contribution in [3.8, 4) is 11.3 Å². The average molecular weight is 382 g/mol. The largest absolute Gasteiger partial charge is 0.466 e. The van der Waals surface area contributed by atoms with Crippen molar-refractivity contribution >= 4 is 16.9 Å².